The van der Waals surface area contributed by atoms with Crippen LogP contribution in [0.25, 0.3) is 89.2 Å². The predicted octanol–water partition coefficient (Wildman–Crippen LogP) is 12.8. The van der Waals surface area contributed by atoms with Crippen molar-refractivity contribution in [1.29, 1.82) is 0 Å². The highest BCUT2D eigenvalue weighted by Crippen LogP contribution is 2.43. The summed E-state index contributed by atoms with van der Waals surface area (Å²) in [5.41, 5.74) is 15.6. The molecule has 0 amide bonds. The molecule has 0 spiro atoms. The van der Waals surface area contributed by atoms with Gasteiger partial charge in [-0.15, -0.1) is 0 Å². The average molecular weight is 693 g/mol. The molecule has 0 N–H and O–H groups in total. The third-order valence-corrected chi connectivity index (χ3v) is 10.5. The number of fused-ring (bicyclic) bond motifs is 5. The Hall–Kier alpha value is -7.04. The Kier molecular flexibility index (Phi) is 7.55. The molecule has 10 rings (SSSR count). The van der Waals surface area contributed by atoms with E-state index in [1.165, 1.54) is 49.4 Å². The molecule has 0 fully saturated rings. The number of hydrogen-bond acceptors (Lipinski definition) is 2. The molecular weight excluding hydrogens is 657 g/mol. The predicted molar refractivity (Wildman–Crippen MR) is 224 cm³/mol. The second-order valence-corrected chi connectivity index (χ2v) is 14.0. The van der Waals surface area contributed by atoms with Crippen molar-refractivity contribution in [2.75, 3.05) is 0 Å². The molecule has 0 radical (unpaired) electrons. The van der Waals surface area contributed by atoms with Crippen LogP contribution >= 0.6 is 0 Å². The second-order valence-electron chi connectivity index (χ2n) is 14.0. The van der Waals surface area contributed by atoms with E-state index in [2.05, 4.69) is 193 Å². The number of para-hydroxylation sites is 3. The lowest BCUT2D eigenvalue weighted by Crippen LogP contribution is -2.01. The minimum absolute atomic E-state index is 0.721. The SMILES string of the molecule is Cc1cc(-c2nc(-c3ccccc3)cc(-c3ccccc3)n2)cc(C)c1-c1ccc2c(c1)c1c3ccccc3n(-c3ccccc3)c1n2-c1ccccc1. The van der Waals surface area contributed by atoms with Crippen LogP contribution in [0.5, 0.6) is 0 Å². The summed E-state index contributed by atoms with van der Waals surface area (Å²) in [5, 5.41) is 3.72. The first kappa shape index (κ1) is 31.7. The van der Waals surface area contributed by atoms with E-state index in [4.69, 9.17) is 9.97 Å². The van der Waals surface area contributed by atoms with Gasteiger partial charge in [0.25, 0.3) is 0 Å². The van der Waals surface area contributed by atoms with Crippen molar-refractivity contribution in [3.05, 3.63) is 193 Å². The first-order valence-electron chi connectivity index (χ1n) is 18.4. The van der Waals surface area contributed by atoms with Crippen LogP contribution in [0.4, 0.5) is 0 Å². The first-order valence-corrected chi connectivity index (χ1v) is 18.4. The second kappa shape index (κ2) is 12.9. The molecule has 0 saturated heterocycles. The molecule has 3 aromatic heterocycles. The van der Waals surface area contributed by atoms with E-state index in [0.717, 1.165) is 50.9 Å². The number of aromatic nitrogens is 4. The van der Waals surface area contributed by atoms with E-state index >= 15 is 0 Å². The summed E-state index contributed by atoms with van der Waals surface area (Å²) in [6.45, 7) is 4.42. The molecule has 0 aliphatic carbocycles. The number of benzene rings is 7. The van der Waals surface area contributed by atoms with Crippen molar-refractivity contribution in [2.24, 2.45) is 0 Å². The highest BCUT2D eigenvalue weighted by atomic mass is 15.1. The molecule has 10 aromatic rings. The molecule has 54 heavy (non-hydrogen) atoms. The lowest BCUT2D eigenvalue weighted by Gasteiger charge is -2.15. The van der Waals surface area contributed by atoms with Crippen LogP contribution in [0.2, 0.25) is 0 Å². The van der Waals surface area contributed by atoms with Crippen molar-refractivity contribution in [3.63, 3.8) is 0 Å². The Bertz CT molecular complexity index is 2900. The molecule has 4 heteroatoms. The first-order chi connectivity index (χ1) is 26.6. The van der Waals surface area contributed by atoms with Crippen LogP contribution in [0.1, 0.15) is 11.1 Å². The fourth-order valence-corrected chi connectivity index (χ4v) is 8.22. The molecule has 0 atom stereocenters. The topological polar surface area (TPSA) is 35.6 Å². The quantitative estimate of drug-likeness (QED) is 0.174. The molecule has 4 nitrogen and oxygen atoms in total. The largest absolute Gasteiger partial charge is 0.295 e. The normalized spacial score (nSPS) is 11.5. The highest BCUT2D eigenvalue weighted by Gasteiger charge is 2.23. The fraction of sp³-hybridized carbons (Fsp3) is 0.0400. The standard InChI is InChI=1S/C50H36N4/c1-33-29-38(49-51-43(35-17-7-3-8-18-35)32-44(52-49)36-19-9-4-10-20-36)30-34(2)47(33)37-27-28-46-42(31-37)48-41-25-15-16-26-45(41)53(39-21-11-5-12-22-39)50(48)54(46)40-23-13-6-14-24-40/h3-32H,1-2H3. The van der Waals surface area contributed by atoms with Crippen LogP contribution in [-0.2, 0) is 0 Å². The van der Waals surface area contributed by atoms with E-state index in [1.54, 1.807) is 0 Å². The summed E-state index contributed by atoms with van der Waals surface area (Å²) < 4.78 is 4.83. The molecule has 0 bridgehead atoms. The van der Waals surface area contributed by atoms with E-state index in [9.17, 15) is 0 Å². The van der Waals surface area contributed by atoms with E-state index in [-0.39, 0.29) is 0 Å². The van der Waals surface area contributed by atoms with Gasteiger partial charge in [-0.2, -0.15) is 0 Å². The van der Waals surface area contributed by atoms with Crippen LogP contribution in [-0.4, -0.2) is 19.1 Å². The van der Waals surface area contributed by atoms with Gasteiger partial charge < -0.3 is 0 Å². The van der Waals surface area contributed by atoms with Gasteiger partial charge in [0.15, 0.2) is 5.82 Å². The fourth-order valence-electron chi connectivity index (χ4n) is 8.22. The molecule has 3 heterocycles. The van der Waals surface area contributed by atoms with E-state index in [0.29, 0.717) is 0 Å². The summed E-state index contributed by atoms with van der Waals surface area (Å²) in [4.78, 5) is 10.3. The molecule has 0 aliphatic rings. The third kappa shape index (κ3) is 5.22. The summed E-state index contributed by atoms with van der Waals surface area (Å²) in [6, 6.07) is 64.5. The molecule has 7 aromatic carbocycles. The van der Waals surface area contributed by atoms with Gasteiger partial charge in [-0.1, -0.05) is 121 Å². The Morgan fingerprint density at radius 1 is 0.389 bits per heavy atom. The van der Waals surface area contributed by atoms with Gasteiger partial charge in [0.2, 0.25) is 0 Å². The summed E-state index contributed by atoms with van der Waals surface area (Å²) >= 11 is 0. The van der Waals surface area contributed by atoms with Crippen LogP contribution in [0.15, 0.2) is 182 Å². The van der Waals surface area contributed by atoms with Crippen molar-refractivity contribution in [2.45, 2.75) is 13.8 Å². The minimum atomic E-state index is 0.721. The highest BCUT2D eigenvalue weighted by molar-refractivity contribution is 6.23. The molecular formula is C50H36N4. The van der Waals surface area contributed by atoms with Crippen molar-refractivity contribution in [3.8, 4) is 56.4 Å². The zero-order valence-electron chi connectivity index (χ0n) is 30.1. The van der Waals surface area contributed by atoms with Gasteiger partial charge in [0, 0.05) is 44.2 Å². The summed E-state index contributed by atoms with van der Waals surface area (Å²) in [5.74, 6) is 0.721. The Labute approximate surface area is 314 Å². The van der Waals surface area contributed by atoms with Crippen LogP contribution in [0, 0.1) is 13.8 Å². The maximum atomic E-state index is 5.13. The molecule has 0 unspecified atom stereocenters. The number of hydrogen-bond donors (Lipinski definition) is 0. The third-order valence-electron chi connectivity index (χ3n) is 10.5. The van der Waals surface area contributed by atoms with E-state index in [1.807, 2.05) is 12.1 Å². The lowest BCUT2D eigenvalue weighted by atomic mass is 9.92. The molecule has 0 saturated carbocycles. The minimum Gasteiger partial charge on any atom is -0.295 e. The maximum Gasteiger partial charge on any atom is 0.160 e. The smallest absolute Gasteiger partial charge is 0.160 e. The summed E-state index contributed by atoms with van der Waals surface area (Å²) in [7, 11) is 0. The van der Waals surface area contributed by atoms with Gasteiger partial charge >= 0.3 is 0 Å². The summed E-state index contributed by atoms with van der Waals surface area (Å²) in [6.07, 6.45) is 0. The van der Waals surface area contributed by atoms with Gasteiger partial charge in [0.05, 0.1) is 22.4 Å². The number of aryl methyl sites for hydroxylation is 2. The molecule has 256 valence electrons. The van der Waals surface area contributed by atoms with Crippen molar-refractivity contribution in [1.82, 2.24) is 19.1 Å². The zero-order chi connectivity index (χ0) is 36.2. The van der Waals surface area contributed by atoms with Crippen molar-refractivity contribution < 1.29 is 0 Å². The van der Waals surface area contributed by atoms with Gasteiger partial charge in [0.1, 0.15) is 5.65 Å². The lowest BCUT2D eigenvalue weighted by molar-refractivity contribution is 1.07. The average Bonchev–Trinajstić information content (AvgIpc) is 3.74. The monoisotopic (exact) mass is 692 g/mol. The maximum absolute atomic E-state index is 5.13. The zero-order valence-corrected chi connectivity index (χ0v) is 30.1. The van der Waals surface area contributed by atoms with Gasteiger partial charge in [-0.25, -0.2) is 9.97 Å². The number of nitrogens with zero attached hydrogens (tertiary/aromatic N) is 4. The van der Waals surface area contributed by atoms with E-state index < -0.39 is 0 Å². The van der Waals surface area contributed by atoms with Crippen LogP contribution < -0.4 is 0 Å². The Balaban J connectivity index is 1.18. The van der Waals surface area contributed by atoms with Crippen molar-refractivity contribution >= 4 is 32.8 Å². The van der Waals surface area contributed by atoms with Crippen LogP contribution in [0.3, 0.4) is 0 Å². The Morgan fingerprint density at radius 3 is 1.43 bits per heavy atom. The Morgan fingerprint density at radius 2 is 0.870 bits per heavy atom. The van der Waals surface area contributed by atoms with Gasteiger partial charge in [-0.05, 0) is 96.8 Å². The van der Waals surface area contributed by atoms with Gasteiger partial charge in [-0.3, -0.25) is 9.13 Å². The molecule has 0 aliphatic heterocycles. The number of rotatable bonds is 6.